The quantitative estimate of drug-likeness (QED) is 0.771. The summed E-state index contributed by atoms with van der Waals surface area (Å²) in [6, 6.07) is 11.2. The predicted octanol–water partition coefficient (Wildman–Crippen LogP) is 3.28. The maximum absolute atomic E-state index is 12.9. The maximum Gasteiger partial charge on any atom is 0.253 e. The van der Waals surface area contributed by atoms with Crippen LogP contribution in [0.4, 0.5) is 0 Å². The Morgan fingerprint density at radius 3 is 2.24 bits per heavy atom. The summed E-state index contributed by atoms with van der Waals surface area (Å²) in [6.45, 7) is 1.37. The van der Waals surface area contributed by atoms with Crippen LogP contribution in [0.25, 0.3) is 0 Å². The van der Waals surface area contributed by atoms with Crippen LogP contribution in [-0.2, 0) is 10.0 Å². The van der Waals surface area contributed by atoms with Gasteiger partial charge in [0.15, 0.2) is 0 Å². The molecule has 0 bridgehead atoms. The van der Waals surface area contributed by atoms with Crippen molar-refractivity contribution in [1.29, 1.82) is 0 Å². The lowest BCUT2D eigenvalue weighted by atomic mass is 9.84. The standard InChI is InChI=1S/C22H27N3O3S/c26-22(20-10-8-19(9-11-20)18-5-2-1-3-6-18)24-13-15-25(16-14-24)29(27,28)21-7-4-12-23-17-21/h4,7-12,17-18H,1-3,5-6,13-16H2. The highest BCUT2D eigenvalue weighted by Gasteiger charge is 2.30. The van der Waals surface area contributed by atoms with Gasteiger partial charge in [-0.25, -0.2) is 8.42 Å². The van der Waals surface area contributed by atoms with E-state index >= 15 is 0 Å². The molecule has 2 aromatic rings. The molecule has 2 heterocycles. The lowest BCUT2D eigenvalue weighted by Crippen LogP contribution is -2.50. The molecular formula is C22H27N3O3S. The number of pyridine rings is 1. The van der Waals surface area contributed by atoms with E-state index in [1.54, 1.807) is 23.2 Å². The van der Waals surface area contributed by atoms with Gasteiger partial charge in [-0.2, -0.15) is 4.31 Å². The second-order valence-corrected chi connectivity index (χ2v) is 9.78. The van der Waals surface area contributed by atoms with E-state index in [2.05, 4.69) is 17.1 Å². The van der Waals surface area contributed by atoms with Gasteiger partial charge in [-0.1, -0.05) is 31.4 Å². The highest BCUT2D eigenvalue weighted by atomic mass is 32.2. The average molecular weight is 414 g/mol. The molecule has 2 fully saturated rings. The molecule has 29 heavy (non-hydrogen) atoms. The zero-order valence-corrected chi connectivity index (χ0v) is 17.4. The lowest BCUT2D eigenvalue weighted by Gasteiger charge is -2.34. The third-order valence-electron chi connectivity index (χ3n) is 6.03. The molecule has 0 N–H and O–H groups in total. The van der Waals surface area contributed by atoms with Crippen LogP contribution in [0.3, 0.4) is 0 Å². The van der Waals surface area contributed by atoms with Crippen molar-refractivity contribution in [2.45, 2.75) is 42.9 Å². The van der Waals surface area contributed by atoms with Gasteiger partial charge in [0.25, 0.3) is 5.91 Å². The first-order valence-electron chi connectivity index (χ1n) is 10.3. The van der Waals surface area contributed by atoms with Crippen LogP contribution >= 0.6 is 0 Å². The number of rotatable bonds is 4. The summed E-state index contributed by atoms with van der Waals surface area (Å²) in [5.74, 6) is 0.591. The van der Waals surface area contributed by atoms with E-state index in [4.69, 9.17) is 0 Å². The second-order valence-electron chi connectivity index (χ2n) is 7.84. The summed E-state index contributed by atoms with van der Waals surface area (Å²) in [4.78, 5) is 18.7. The molecule has 4 rings (SSSR count). The summed E-state index contributed by atoms with van der Waals surface area (Å²) < 4.78 is 26.8. The molecule has 0 radical (unpaired) electrons. The van der Waals surface area contributed by atoms with Gasteiger partial charge in [-0.3, -0.25) is 9.78 Å². The third kappa shape index (κ3) is 4.36. The zero-order valence-electron chi connectivity index (χ0n) is 16.5. The van der Waals surface area contributed by atoms with E-state index in [9.17, 15) is 13.2 Å². The van der Waals surface area contributed by atoms with Crippen LogP contribution in [0.2, 0.25) is 0 Å². The molecular weight excluding hydrogens is 386 g/mol. The van der Waals surface area contributed by atoms with Gasteiger partial charge in [0.05, 0.1) is 0 Å². The minimum absolute atomic E-state index is 0.0291. The summed E-state index contributed by atoms with van der Waals surface area (Å²) >= 11 is 0. The van der Waals surface area contributed by atoms with Gasteiger partial charge < -0.3 is 4.90 Å². The highest BCUT2D eigenvalue weighted by molar-refractivity contribution is 7.89. The smallest absolute Gasteiger partial charge is 0.253 e. The van der Waals surface area contributed by atoms with Gasteiger partial charge in [-0.05, 0) is 48.6 Å². The molecule has 1 aliphatic carbocycles. The third-order valence-corrected chi connectivity index (χ3v) is 7.91. The number of benzene rings is 1. The van der Waals surface area contributed by atoms with Gasteiger partial charge in [0.1, 0.15) is 4.90 Å². The Balaban J connectivity index is 1.38. The van der Waals surface area contributed by atoms with E-state index in [-0.39, 0.29) is 10.8 Å². The van der Waals surface area contributed by atoms with E-state index in [0.717, 1.165) is 0 Å². The van der Waals surface area contributed by atoms with Gasteiger partial charge in [-0.15, -0.1) is 0 Å². The average Bonchev–Trinajstić information content (AvgIpc) is 2.80. The van der Waals surface area contributed by atoms with Crippen molar-refractivity contribution in [1.82, 2.24) is 14.2 Å². The first-order chi connectivity index (χ1) is 14.1. The van der Waals surface area contributed by atoms with Crippen molar-refractivity contribution in [3.63, 3.8) is 0 Å². The van der Waals surface area contributed by atoms with E-state index in [0.29, 0.717) is 37.7 Å². The topological polar surface area (TPSA) is 70.6 Å². The lowest BCUT2D eigenvalue weighted by molar-refractivity contribution is 0.0698. The predicted molar refractivity (Wildman–Crippen MR) is 111 cm³/mol. The summed E-state index contributed by atoms with van der Waals surface area (Å²) in [5, 5.41) is 0. The minimum atomic E-state index is -3.56. The second kappa shape index (κ2) is 8.63. The molecule has 7 heteroatoms. The molecule has 0 atom stereocenters. The number of sulfonamides is 1. The summed E-state index contributed by atoms with van der Waals surface area (Å²) in [7, 11) is -3.56. The molecule has 1 saturated heterocycles. The number of carbonyl (C=O) groups excluding carboxylic acids is 1. The normalized spacial score (nSPS) is 19.2. The van der Waals surface area contributed by atoms with Crippen molar-refractivity contribution < 1.29 is 13.2 Å². The molecule has 2 aliphatic rings. The fourth-order valence-electron chi connectivity index (χ4n) is 4.30. The highest BCUT2D eigenvalue weighted by Crippen LogP contribution is 2.32. The molecule has 6 nitrogen and oxygen atoms in total. The number of nitrogens with zero attached hydrogens (tertiary/aromatic N) is 3. The van der Waals surface area contributed by atoms with Crippen LogP contribution in [0, 0.1) is 0 Å². The first-order valence-corrected chi connectivity index (χ1v) is 11.8. The van der Waals surface area contributed by atoms with E-state index < -0.39 is 10.0 Å². The van der Waals surface area contributed by atoms with Crippen LogP contribution in [0.5, 0.6) is 0 Å². The Kier molecular flexibility index (Phi) is 5.96. The molecule has 0 unspecified atom stereocenters. The Morgan fingerprint density at radius 1 is 0.931 bits per heavy atom. The van der Waals surface area contributed by atoms with Gasteiger partial charge >= 0.3 is 0 Å². The molecule has 1 aliphatic heterocycles. The monoisotopic (exact) mass is 413 g/mol. The molecule has 154 valence electrons. The Bertz CT molecular complexity index is 931. The number of carbonyl (C=O) groups is 1. The maximum atomic E-state index is 12.9. The van der Waals surface area contributed by atoms with Crippen LogP contribution in [0.15, 0.2) is 53.7 Å². The summed E-state index contributed by atoms with van der Waals surface area (Å²) in [5.41, 5.74) is 2.00. The van der Waals surface area contributed by atoms with E-state index in [1.807, 2.05) is 12.1 Å². The van der Waals surface area contributed by atoms with Crippen LogP contribution in [-0.4, -0.2) is 54.7 Å². The Hall–Kier alpha value is -2.25. The fourth-order valence-corrected chi connectivity index (χ4v) is 5.68. The van der Waals surface area contributed by atoms with Crippen molar-refractivity contribution >= 4 is 15.9 Å². The zero-order chi connectivity index (χ0) is 20.3. The van der Waals surface area contributed by atoms with Crippen molar-refractivity contribution in [3.8, 4) is 0 Å². The largest absolute Gasteiger partial charge is 0.336 e. The van der Waals surface area contributed by atoms with E-state index in [1.165, 1.54) is 48.2 Å². The molecule has 1 aromatic heterocycles. The fraction of sp³-hybridized carbons (Fsp3) is 0.455. The van der Waals surface area contributed by atoms with Crippen LogP contribution < -0.4 is 0 Å². The van der Waals surface area contributed by atoms with Crippen molar-refractivity contribution in [2.75, 3.05) is 26.2 Å². The molecule has 1 amide bonds. The summed E-state index contributed by atoms with van der Waals surface area (Å²) in [6.07, 6.45) is 9.29. The minimum Gasteiger partial charge on any atom is -0.336 e. The van der Waals surface area contributed by atoms with Gasteiger partial charge in [0, 0.05) is 44.1 Å². The van der Waals surface area contributed by atoms with Crippen LogP contribution in [0.1, 0.15) is 53.9 Å². The number of hydrogen-bond donors (Lipinski definition) is 0. The number of piperazine rings is 1. The molecule has 0 spiro atoms. The van der Waals surface area contributed by atoms with Crippen molar-refractivity contribution in [2.24, 2.45) is 0 Å². The number of amides is 1. The molecule has 1 saturated carbocycles. The number of hydrogen-bond acceptors (Lipinski definition) is 4. The first kappa shape index (κ1) is 20.0. The number of aromatic nitrogens is 1. The Morgan fingerprint density at radius 2 is 1.62 bits per heavy atom. The van der Waals surface area contributed by atoms with Gasteiger partial charge in [0.2, 0.25) is 10.0 Å². The SMILES string of the molecule is O=C(c1ccc(C2CCCCC2)cc1)N1CCN(S(=O)(=O)c2cccnc2)CC1. The molecule has 1 aromatic carbocycles. The Labute approximate surface area is 172 Å². The van der Waals surface area contributed by atoms with Crippen molar-refractivity contribution in [3.05, 3.63) is 59.9 Å².